The molecule has 1 aliphatic heterocycles. The zero-order valence-corrected chi connectivity index (χ0v) is 19.0. The fourth-order valence-corrected chi connectivity index (χ4v) is 3.89. The second-order valence-electron chi connectivity index (χ2n) is 8.24. The average Bonchev–Trinajstić information content (AvgIpc) is 3.31. The van der Waals surface area contributed by atoms with Crippen LogP contribution in [0.3, 0.4) is 0 Å². The number of piperazine rings is 1. The summed E-state index contributed by atoms with van der Waals surface area (Å²) < 4.78 is 52.7. The molecule has 36 heavy (non-hydrogen) atoms. The molecule has 188 valence electrons. The summed E-state index contributed by atoms with van der Waals surface area (Å²) in [4.78, 5) is 41.3. The predicted octanol–water partition coefficient (Wildman–Crippen LogP) is 3.88. The molecule has 1 N–H and O–H groups in total. The Morgan fingerprint density at radius 3 is 1.97 bits per heavy atom. The van der Waals surface area contributed by atoms with Crippen molar-refractivity contribution < 1.29 is 31.9 Å². The second-order valence-corrected chi connectivity index (χ2v) is 8.24. The third-order valence-electron chi connectivity index (χ3n) is 5.80. The van der Waals surface area contributed by atoms with E-state index in [0.29, 0.717) is 18.7 Å². The molecule has 3 amide bonds. The van der Waals surface area contributed by atoms with E-state index in [9.17, 15) is 31.9 Å². The normalized spacial score (nSPS) is 14.0. The lowest BCUT2D eigenvalue weighted by Crippen LogP contribution is -2.51. The van der Waals surface area contributed by atoms with Crippen molar-refractivity contribution in [1.82, 2.24) is 14.4 Å². The Balaban J connectivity index is 1.33. The smallest absolute Gasteiger partial charge is 0.335 e. The molecular weight excluding hydrogens is 480 g/mol. The van der Waals surface area contributed by atoms with Crippen LogP contribution in [0.4, 0.5) is 23.2 Å². The van der Waals surface area contributed by atoms with Crippen LogP contribution < -0.4 is 5.32 Å². The first-order valence-corrected chi connectivity index (χ1v) is 11.1. The van der Waals surface area contributed by atoms with Crippen LogP contribution in [-0.4, -0.2) is 58.3 Å². The second kappa shape index (κ2) is 10.2. The van der Waals surface area contributed by atoms with Crippen molar-refractivity contribution >= 4 is 23.4 Å². The monoisotopic (exact) mass is 502 g/mol. The van der Waals surface area contributed by atoms with Crippen molar-refractivity contribution in [1.29, 1.82) is 0 Å². The third kappa shape index (κ3) is 5.73. The Kier molecular flexibility index (Phi) is 7.09. The van der Waals surface area contributed by atoms with E-state index in [-0.39, 0.29) is 42.8 Å². The van der Waals surface area contributed by atoms with Crippen LogP contribution in [0.5, 0.6) is 0 Å². The SMILES string of the molecule is O=C(Cn1cccc1C(=O)N1CCN(C(=O)c2ccc(F)cc2)CC1)Nc1ccc(C(F)(F)F)cc1. The Hall–Kier alpha value is -4.15. The molecule has 1 aliphatic rings. The number of nitrogens with one attached hydrogen (secondary N) is 1. The maximum atomic E-state index is 13.1. The molecule has 0 radical (unpaired) electrons. The van der Waals surface area contributed by atoms with E-state index < -0.39 is 23.5 Å². The first kappa shape index (κ1) is 25.0. The van der Waals surface area contributed by atoms with Gasteiger partial charge in [0.2, 0.25) is 5.91 Å². The van der Waals surface area contributed by atoms with Crippen molar-refractivity contribution in [3.05, 3.63) is 89.5 Å². The highest BCUT2D eigenvalue weighted by Crippen LogP contribution is 2.29. The Bertz CT molecular complexity index is 1250. The molecule has 2 heterocycles. The molecule has 4 rings (SSSR count). The van der Waals surface area contributed by atoms with E-state index in [1.807, 2.05) is 0 Å². The summed E-state index contributed by atoms with van der Waals surface area (Å²) in [5.41, 5.74) is 0.0215. The van der Waals surface area contributed by atoms with Gasteiger partial charge in [-0.15, -0.1) is 0 Å². The van der Waals surface area contributed by atoms with Gasteiger partial charge >= 0.3 is 6.18 Å². The van der Waals surface area contributed by atoms with Crippen LogP contribution in [-0.2, 0) is 17.5 Å². The number of halogens is 4. The van der Waals surface area contributed by atoms with Crippen molar-refractivity contribution in [2.24, 2.45) is 0 Å². The number of rotatable bonds is 5. The summed E-state index contributed by atoms with van der Waals surface area (Å²) in [7, 11) is 0. The molecule has 0 aliphatic carbocycles. The lowest BCUT2D eigenvalue weighted by Gasteiger charge is -2.35. The molecule has 11 heteroatoms. The Morgan fingerprint density at radius 2 is 1.39 bits per heavy atom. The standard InChI is InChI=1S/C25H22F4N4O3/c26-19-7-3-17(4-8-19)23(35)31-12-14-32(15-13-31)24(36)21-2-1-11-33(21)16-22(34)30-20-9-5-18(6-10-20)25(27,28)29/h1-11H,12-16H2,(H,30,34). The zero-order chi connectivity index (χ0) is 25.9. The van der Waals surface area contributed by atoms with E-state index in [4.69, 9.17) is 0 Å². The van der Waals surface area contributed by atoms with Crippen LogP contribution >= 0.6 is 0 Å². The highest BCUT2D eigenvalue weighted by atomic mass is 19.4. The maximum Gasteiger partial charge on any atom is 0.416 e. The van der Waals surface area contributed by atoms with Gasteiger partial charge in [0.15, 0.2) is 0 Å². The largest absolute Gasteiger partial charge is 0.416 e. The van der Waals surface area contributed by atoms with Gasteiger partial charge in [0.05, 0.1) is 5.56 Å². The van der Waals surface area contributed by atoms with Gasteiger partial charge in [0.25, 0.3) is 11.8 Å². The maximum absolute atomic E-state index is 13.1. The van der Waals surface area contributed by atoms with Gasteiger partial charge in [0, 0.05) is 43.6 Å². The van der Waals surface area contributed by atoms with Crippen molar-refractivity contribution in [2.45, 2.75) is 12.7 Å². The van der Waals surface area contributed by atoms with Crippen LogP contribution in [0.25, 0.3) is 0 Å². The fraction of sp³-hybridized carbons (Fsp3) is 0.240. The number of carbonyl (C=O) groups excluding carboxylic acids is 3. The first-order valence-electron chi connectivity index (χ1n) is 11.1. The number of amides is 3. The molecule has 0 atom stereocenters. The zero-order valence-electron chi connectivity index (χ0n) is 19.0. The topological polar surface area (TPSA) is 74.7 Å². The number of carbonyl (C=O) groups is 3. The summed E-state index contributed by atoms with van der Waals surface area (Å²) in [5.74, 6) is -1.49. The molecule has 0 saturated carbocycles. The molecule has 1 aromatic heterocycles. The Morgan fingerprint density at radius 1 is 0.806 bits per heavy atom. The van der Waals surface area contributed by atoms with E-state index in [2.05, 4.69) is 5.32 Å². The molecule has 3 aromatic rings. The van der Waals surface area contributed by atoms with Gasteiger partial charge in [-0.2, -0.15) is 13.2 Å². The number of aromatic nitrogens is 1. The van der Waals surface area contributed by atoms with Crippen molar-refractivity contribution in [3.63, 3.8) is 0 Å². The van der Waals surface area contributed by atoms with Crippen LogP contribution in [0.1, 0.15) is 26.4 Å². The number of hydrogen-bond donors (Lipinski definition) is 1. The van der Waals surface area contributed by atoms with E-state index in [1.54, 1.807) is 28.1 Å². The number of nitrogens with zero attached hydrogens (tertiary/aromatic N) is 3. The van der Waals surface area contributed by atoms with Crippen LogP contribution in [0.15, 0.2) is 66.9 Å². The molecule has 1 saturated heterocycles. The van der Waals surface area contributed by atoms with Gasteiger partial charge < -0.3 is 19.7 Å². The summed E-state index contributed by atoms with van der Waals surface area (Å²) in [6, 6.07) is 12.5. The molecule has 0 bridgehead atoms. The average molecular weight is 502 g/mol. The first-order chi connectivity index (χ1) is 17.1. The summed E-state index contributed by atoms with van der Waals surface area (Å²) >= 11 is 0. The molecule has 1 fully saturated rings. The minimum atomic E-state index is -4.47. The quantitative estimate of drug-likeness (QED) is 0.539. The lowest BCUT2D eigenvalue weighted by molar-refractivity contribution is -0.137. The summed E-state index contributed by atoms with van der Waals surface area (Å²) in [6.07, 6.45) is -2.91. The number of benzene rings is 2. The van der Waals surface area contributed by atoms with Gasteiger partial charge in [-0.3, -0.25) is 14.4 Å². The minimum absolute atomic E-state index is 0.204. The highest BCUT2D eigenvalue weighted by molar-refractivity contribution is 5.96. The third-order valence-corrected chi connectivity index (χ3v) is 5.80. The van der Waals surface area contributed by atoms with E-state index in [0.717, 1.165) is 24.3 Å². The fourth-order valence-electron chi connectivity index (χ4n) is 3.89. The van der Waals surface area contributed by atoms with Crippen molar-refractivity contribution in [2.75, 3.05) is 31.5 Å². The van der Waals surface area contributed by atoms with Crippen LogP contribution in [0, 0.1) is 5.82 Å². The molecule has 0 unspecified atom stereocenters. The number of hydrogen-bond acceptors (Lipinski definition) is 3. The molecular formula is C25H22F4N4O3. The van der Waals surface area contributed by atoms with E-state index >= 15 is 0 Å². The van der Waals surface area contributed by atoms with Crippen LogP contribution in [0.2, 0.25) is 0 Å². The Labute approximate surface area is 203 Å². The number of alkyl halides is 3. The van der Waals surface area contributed by atoms with Crippen molar-refractivity contribution in [3.8, 4) is 0 Å². The van der Waals surface area contributed by atoms with Gasteiger partial charge in [0.1, 0.15) is 18.1 Å². The van der Waals surface area contributed by atoms with E-state index in [1.165, 1.54) is 28.8 Å². The van der Waals surface area contributed by atoms with Gasteiger partial charge in [-0.1, -0.05) is 0 Å². The minimum Gasteiger partial charge on any atom is -0.335 e. The summed E-state index contributed by atoms with van der Waals surface area (Å²) in [6.45, 7) is 0.968. The highest BCUT2D eigenvalue weighted by Gasteiger charge is 2.30. The van der Waals surface area contributed by atoms with Gasteiger partial charge in [-0.05, 0) is 60.7 Å². The molecule has 7 nitrogen and oxygen atoms in total. The lowest BCUT2D eigenvalue weighted by atomic mass is 10.1. The number of anilines is 1. The summed E-state index contributed by atoms with van der Waals surface area (Å²) in [5, 5.41) is 2.52. The predicted molar refractivity (Wildman–Crippen MR) is 123 cm³/mol. The molecule has 2 aromatic carbocycles. The molecule has 0 spiro atoms. The van der Waals surface area contributed by atoms with Gasteiger partial charge in [-0.25, -0.2) is 4.39 Å².